The number of nitrogens with one attached hydrogen (secondary N) is 1. The molecular formula is C11H8ClFN2O4S2. The Bertz CT molecular complexity index is 791. The second-order valence-corrected chi connectivity index (χ2v) is 7.05. The van der Waals surface area contributed by atoms with Crippen molar-refractivity contribution in [1.82, 2.24) is 4.98 Å². The molecule has 21 heavy (non-hydrogen) atoms. The molecule has 0 spiro atoms. The van der Waals surface area contributed by atoms with Gasteiger partial charge in [0.15, 0.2) is 5.13 Å². The van der Waals surface area contributed by atoms with Crippen LogP contribution in [0.25, 0.3) is 0 Å². The van der Waals surface area contributed by atoms with Gasteiger partial charge in [-0.25, -0.2) is 22.6 Å². The fourth-order valence-electron chi connectivity index (χ4n) is 1.41. The molecule has 1 N–H and O–H groups in total. The van der Waals surface area contributed by atoms with Gasteiger partial charge in [-0.1, -0.05) is 22.9 Å². The lowest BCUT2D eigenvalue weighted by Gasteiger charge is -2.07. The molecule has 0 unspecified atom stereocenters. The van der Waals surface area contributed by atoms with Crippen LogP contribution >= 0.6 is 22.9 Å². The lowest BCUT2D eigenvalue weighted by Crippen LogP contribution is -2.14. The molecule has 0 amide bonds. The number of rotatable bonds is 4. The highest BCUT2D eigenvalue weighted by Gasteiger charge is 2.20. The largest absolute Gasteiger partial charge is 0.465 e. The average Bonchev–Trinajstić information content (AvgIpc) is 2.82. The van der Waals surface area contributed by atoms with E-state index in [-0.39, 0.29) is 15.6 Å². The smallest absolute Gasteiger partial charge is 0.340 e. The summed E-state index contributed by atoms with van der Waals surface area (Å²) in [5, 5.41) is 0.0532. The number of aromatic nitrogens is 1. The van der Waals surface area contributed by atoms with Crippen molar-refractivity contribution >= 4 is 44.1 Å². The number of hydrogen-bond acceptors (Lipinski definition) is 6. The lowest BCUT2D eigenvalue weighted by atomic mass is 10.2. The van der Waals surface area contributed by atoms with Crippen LogP contribution in [0.4, 0.5) is 9.52 Å². The normalized spacial score (nSPS) is 11.2. The second kappa shape index (κ2) is 5.96. The molecule has 2 rings (SSSR count). The summed E-state index contributed by atoms with van der Waals surface area (Å²) in [6, 6.07) is 2.85. The number of carbonyl (C=O) groups is 1. The molecule has 0 aliphatic heterocycles. The summed E-state index contributed by atoms with van der Waals surface area (Å²) in [6.07, 6.45) is 1.28. The van der Waals surface area contributed by atoms with Crippen LogP contribution in [0.15, 0.2) is 29.3 Å². The van der Waals surface area contributed by atoms with Gasteiger partial charge in [-0.15, -0.1) is 0 Å². The summed E-state index contributed by atoms with van der Waals surface area (Å²) in [5.41, 5.74) is -0.353. The zero-order chi connectivity index (χ0) is 15.6. The molecular weight excluding hydrogens is 343 g/mol. The third kappa shape index (κ3) is 3.49. The minimum Gasteiger partial charge on any atom is -0.465 e. The fourth-order valence-corrected chi connectivity index (χ4v) is 3.48. The Morgan fingerprint density at radius 3 is 2.71 bits per heavy atom. The molecule has 1 heterocycles. The Morgan fingerprint density at radius 1 is 1.48 bits per heavy atom. The van der Waals surface area contributed by atoms with Crippen molar-refractivity contribution in [3.8, 4) is 0 Å². The van der Waals surface area contributed by atoms with Gasteiger partial charge in [0.1, 0.15) is 10.2 Å². The van der Waals surface area contributed by atoms with Crippen molar-refractivity contribution in [2.75, 3.05) is 11.8 Å². The Hall–Kier alpha value is -1.71. The molecule has 0 radical (unpaired) electrons. The van der Waals surface area contributed by atoms with Crippen LogP contribution in [-0.2, 0) is 14.8 Å². The number of methoxy groups -OCH3 is 1. The Kier molecular flexibility index (Phi) is 4.45. The summed E-state index contributed by atoms with van der Waals surface area (Å²) in [7, 11) is -2.93. The molecule has 1 aromatic heterocycles. The van der Waals surface area contributed by atoms with Crippen LogP contribution in [0.5, 0.6) is 0 Å². The SMILES string of the molecule is COC(=O)c1ccc(S(=O)(=O)Nc2ncc(Cl)s2)cc1F. The van der Waals surface area contributed by atoms with E-state index < -0.39 is 21.8 Å². The number of ether oxygens (including phenoxy) is 1. The highest BCUT2D eigenvalue weighted by molar-refractivity contribution is 7.93. The van der Waals surface area contributed by atoms with Crippen LogP contribution < -0.4 is 4.72 Å². The van der Waals surface area contributed by atoms with E-state index in [4.69, 9.17) is 11.6 Å². The molecule has 0 bridgehead atoms. The van der Waals surface area contributed by atoms with E-state index in [1.165, 1.54) is 6.20 Å². The number of benzene rings is 1. The molecule has 0 saturated heterocycles. The zero-order valence-electron chi connectivity index (χ0n) is 10.5. The summed E-state index contributed by atoms with van der Waals surface area (Å²) in [4.78, 5) is 14.6. The van der Waals surface area contributed by atoms with Crippen molar-refractivity contribution in [2.24, 2.45) is 0 Å². The van der Waals surface area contributed by atoms with Crippen LogP contribution in [0.1, 0.15) is 10.4 Å². The van der Waals surface area contributed by atoms with Gasteiger partial charge in [-0.3, -0.25) is 4.72 Å². The molecule has 0 aliphatic rings. The Balaban J connectivity index is 2.32. The number of thiazole rings is 1. The second-order valence-electron chi connectivity index (χ2n) is 3.71. The summed E-state index contributed by atoms with van der Waals surface area (Å²) < 4.78 is 44.7. The maximum absolute atomic E-state index is 13.7. The van der Waals surface area contributed by atoms with E-state index in [2.05, 4.69) is 14.4 Å². The van der Waals surface area contributed by atoms with Gasteiger partial charge in [0.25, 0.3) is 10.0 Å². The molecule has 1 aromatic carbocycles. The van der Waals surface area contributed by atoms with Crippen LogP contribution in [0, 0.1) is 5.82 Å². The third-order valence-corrected chi connectivity index (χ3v) is 4.85. The molecule has 0 atom stereocenters. The number of sulfonamides is 1. The van der Waals surface area contributed by atoms with E-state index in [9.17, 15) is 17.6 Å². The predicted octanol–water partition coefficient (Wildman–Crippen LogP) is 2.52. The van der Waals surface area contributed by atoms with Crippen molar-refractivity contribution in [1.29, 1.82) is 0 Å². The monoisotopic (exact) mass is 350 g/mol. The van der Waals surface area contributed by atoms with Crippen molar-refractivity contribution < 1.29 is 22.3 Å². The van der Waals surface area contributed by atoms with E-state index in [1.54, 1.807) is 0 Å². The van der Waals surface area contributed by atoms with Crippen LogP contribution in [-0.4, -0.2) is 26.5 Å². The average molecular weight is 351 g/mol. The molecule has 2 aromatic rings. The first-order valence-corrected chi connectivity index (χ1v) is 8.03. The highest BCUT2D eigenvalue weighted by Crippen LogP contribution is 2.25. The highest BCUT2D eigenvalue weighted by atomic mass is 35.5. The summed E-state index contributed by atoms with van der Waals surface area (Å²) in [6.45, 7) is 0. The first-order chi connectivity index (χ1) is 9.83. The van der Waals surface area contributed by atoms with Crippen molar-refractivity contribution in [3.63, 3.8) is 0 Å². The maximum atomic E-state index is 13.7. The van der Waals surface area contributed by atoms with Gasteiger partial charge in [-0.2, -0.15) is 0 Å². The van der Waals surface area contributed by atoms with Gasteiger partial charge in [0.05, 0.1) is 23.8 Å². The lowest BCUT2D eigenvalue weighted by molar-refractivity contribution is 0.0595. The van der Waals surface area contributed by atoms with E-state index in [1.807, 2.05) is 0 Å². The van der Waals surface area contributed by atoms with Crippen LogP contribution in [0.2, 0.25) is 4.34 Å². The van der Waals surface area contributed by atoms with E-state index >= 15 is 0 Å². The standard InChI is InChI=1S/C11H8ClFN2O4S2/c1-19-10(16)7-3-2-6(4-8(7)13)21(17,18)15-11-14-5-9(12)20-11/h2-5H,1H3,(H,14,15). The molecule has 0 fully saturated rings. The topological polar surface area (TPSA) is 85.4 Å². The first-order valence-electron chi connectivity index (χ1n) is 5.35. The van der Waals surface area contributed by atoms with E-state index in [0.717, 1.165) is 36.6 Å². The third-order valence-electron chi connectivity index (χ3n) is 2.36. The number of anilines is 1. The van der Waals surface area contributed by atoms with Gasteiger partial charge in [-0.05, 0) is 18.2 Å². The zero-order valence-corrected chi connectivity index (χ0v) is 12.9. The fraction of sp³-hybridized carbons (Fsp3) is 0.0909. The van der Waals surface area contributed by atoms with Gasteiger partial charge < -0.3 is 4.74 Å². The number of halogens is 2. The maximum Gasteiger partial charge on any atom is 0.340 e. The first kappa shape index (κ1) is 15.7. The van der Waals surface area contributed by atoms with E-state index in [0.29, 0.717) is 4.34 Å². The quantitative estimate of drug-likeness (QED) is 0.856. The molecule has 112 valence electrons. The van der Waals surface area contributed by atoms with Gasteiger partial charge in [0.2, 0.25) is 0 Å². The number of carbonyl (C=O) groups excluding carboxylic acids is 1. The number of esters is 1. The predicted molar refractivity (Wildman–Crippen MR) is 75.7 cm³/mol. The van der Waals surface area contributed by atoms with Crippen molar-refractivity contribution in [3.05, 3.63) is 40.1 Å². The minimum absolute atomic E-state index is 0.0532. The summed E-state index contributed by atoms with van der Waals surface area (Å²) in [5.74, 6) is -1.89. The number of nitrogens with zero attached hydrogens (tertiary/aromatic N) is 1. The Morgan fingerprint density at radius 2 is 2.19 bits per heavy atom. The minimum atomic E-state index is -4.02. The van der Waals surface area contributed by atoms with Gasteiger partial charge in [0, 0.05) is 0 Å². The summed E-state index contributed by atoms with van der Waals surface area (Å²) >= 11 is 6.56. The van der Waals surface area contributed by atoms with Crippen molar-refractivity contribution in [2.45, 2.75) is 4.90 Å². The van der Waals surface area contributed by atoms with Crippen LogP contribution in [0.3, 0.4) is 0 Å². The number of hydrogen-bond donors (Lipinski definition) is 1. The van der Waals surface area contributed by atoms with Gasteiger partial charge >= 0.3 is 5.97 Å². The molecule has 0 saturated carbocycles. The molecule has 10 heteroatoms. The Labute approximate surface area is 128 Å². The molecule has 0 aliphatic carbocycles. The molecule has 6 nitrogen and oxygen atoms in total.